The van der Waals surface area contributed by atoms with E-state index >= 15 is 0 Å². The molecular formula is C20H16N2O3. The zero-order chi connectivity index (χ0) is 17.0. The number of benzene rings is 2. The number of aromatic hydroxyl groups is 1. The minimum Gasteiger partial charge on any atom is -0.508 e. The minimum atomic E-state index is -0.816. The van der Waals surface area contributed by atoms with Gasteiger partial charge in [0.05, 0.1) is 0 Å². The third-order valence-corrected chi connectivity index (χ3v) is 4.78. The fourth-order valence-corrected chi connectivity index (χ4v) is 3.33. The molecule has 1 aliphatic carbocycles. The minimum absolute atomic E-state index is 0.136. The Labute approximate surface area is 145 Å². The second-order valence-corrected chi connectivity index (χ2v) is 6.64. The fraction of sp³-hybridized carbons (Fsp3) is 0.250. The zero-order valence-corrected chi connectivity index (χ0v) is 13.5. The number of phenols is 1. The standard InChI is InChI=1S/C20H16N2O3/c21-19-22-20(11-24-19)15-9-13(4-3-12-1-2-12)5-7-17(15)25-18-8-6-14(23)10-16(18)20/h5-10,12,23H,1-2,11H2,(H2,21,22). The largest absolute Gasteiger partial charge is 0.508 e. The number of aliphatic imine (C=N–C) groups is 1. The smallest absolute Gasteiger partial charge is 0.283 e. The molecule has 3 N–H and O–H groups in total. The number of phenolic OH excluding ortho intramolecular Hbond substituents is 1. The molecule has 5 heteroatoms. The van der Waals surface area contributed by atoms with Gasteiger partial charge >= 0.3 is 0 Å². The molecule has 0 saturated heterocycles. The molecule has 0 aromatic heterocycles. The lowest BCUT2D eigenvalue weighted by molar-refractivity contribution is 0.264. The Morgan fingerprint density at radius 2 is 1.88 bits per heavy atom. The van der Waals surface area contributed by atoms with Gasteiger partial charge < -0.3 is 20.3 Å². The Balaban J connectivity index is 1.70. The Bertz CT molecular complexity index is 982. The predicted octanol–water partition coefficient (Wildman–Crippen LogP) is 2.85. The zero-order valence-electron chi connectivity index (χ0n) is 13.5. The number of fused-ring (bicyclic) bond motifs is 4. The molecule has 1 atom stereocenters. The molecule has 2 aliphatic heterocycles. The van der Waals surface area contributed by atoms with Gasteiger partial charge in [-0.1, -0.05) is 11.8 Å². The van der Waals surface area contributed by atoms with Crippen molar-refractivity contribution in [1.82, 2.24) is 0 Å². The monoisotopic (exact) mass is 332 g/mol. The number of hydrogen-bond acceptors (Lipinski definition) is 5. The normalized spacial score (nSPS) is 22.8. The van der Waals surface area contributed by atoms with Crippen LogP contribution in [-0.2, 0) is 10.3 Å². The number of rotatable bonds is 0. The Hall–Kier alpha value is -3.13. The number of ether oxygens (including phenoxy) is 2. The third kappa shape index (κ3) is 2.22. The first-order valence-electron chi connectivity index (χ1n) is 8.30. The highest BCUT2D eigenvalue weighted by atomic mass is 16.5. The lowest BCUT2D eigenvalue weighted by Gasteiger charge is -2.33. The summed E-state index contributed by atoms with van der Waals surface area (Å²) in [4.78, 5) is 4.58. The maximum atomic E-state index is 9.95. The topological polar surface area (TPSA) is 77.1 Å². The van der Waals surface area contributed by atoms with Crippen LogP contribution in [0.25, 0.3) is 0 Å². The highest BCUT2D eigenvalue weighted by Crippen LogP contribution is 2.51. The van der Waals surface area contributed by atoms with Crippen LogP contribution < -0.4 is 10.5 Å². The molecule has 1 spiro atoms. The molecule has 5 rings (SSSR count). The highest BCUT2D eigenvalue weighted by Gasteiger charge is 2.47. The first-order chi connectivity index (χ1) is 12.1. The molecule has 3 aliphatic rings. The fourth-order valence-electron chi connectivity index (χ4n) is 3.33. The maximum Gasteiger partial charge on any atom is 0.283 e. The molecule has 2 heterocycles. The highest BCUT2D eigenvalue weighted by molar-refractivity contribution is 5.77. The van der Waals surface area contributed by atoms with Crippen LogP contribution in [0.3, 0.4) is 0 Å². The van der Waals surface area contributed by atoms with Crippen LogP contribution in [-0.4, -0.2) is 17.7 Å². The van der Waals surface area contributed by atoms with Gasteiger partial charge in [0, 0.05) is 22.6 Å². The van der Waals surface area contributed by atoms with Crippen molar-refractivity contribution in [2.75, 3.05) is 6.61 Å². The summed E-state index contributed by atoms with van der Waals surface area (Å²) < 4.78 is 11.5. The van der Waals surface area contributed by atoms with Gasteiger partial charge in [-0.15, -0.1) is 0 Å². The van der Waals surface area contributed by atoms with Gasteiger partial charge in [-0.25, -0.2) is 4.99 Å². The van der Waals surface area contributed by atoms with Crippen LogP contribution in [0.4, 0.5) is 0 Å². The van der Waals surface area contributed by atoms with E-state index in [9.17, 15) is 5.11 Å². The van der Waals surface area contributed by atoms with Crippen LogP contribution in [0.2, 0.25) is 0 Å². The Morgan fingerprint density at radius 3 is 2.60 bits per heavy atom. The van der Waals surface area contributed by atoms with E-state index in [4.69, 9.17) is 15.2 Å². The number of nitrogens with two attached hydrogens (primary N) is 1. The summed E-state index contributed by atoms with van der Waals surface area (Å²) in [6, 6.07) is 11.0. The first kappa shape index (κ1) is 14.2. The van der Waals surface area contributed by atoms with Gasteiger partial charge in [0.2, 0.25) is 0 Å². The molecule has 2 aromatic rings. The Kier molecular flexibility index (Phi) is 2.81. The Morgan fingerprint density at radius 1 is 1.12 bits per heavy atom. The third-order valence-electron chi connectivity index (χ3n) is 4.78. The van der Waals surface area contributed by atoms with Crippen molar-refractivity contribution in [3.8, 4) is 29.1 Å². The number of hydrogen-bond donors (Lipinski definition) is 2. The average Bonchev–Trinajstić information content (AvgIpc) is 3.36. The van der Waals surface area contributed by atoms with Crippen molar-refractivity contribution < 1.29 is 14.6 Å². The molecule has 1 unspecified atom stereocenters. The number of nitrogens with zero attached hydrogens (tertiary/aromatic N) is 1. The summed E-state index contributed by atoms with van der Waals surface area (Å²) in [5, 5.41) is 9.95. The van der Waals surface area contributed by atoms with Gasteiger partial charge in [-0.05, 0) is 49.2 Å². The van der Waals surface area contributed by atoms with Crippen LogP contribution in [0.5, 0.6) is 17.2 Å². The molecule has 25 heavy (non-hydrogen) atoms. The molecule has 124 valence electrons. The van der Waals surface area contributed by atoms with E-state index in [1.807, 2.05) is 18.2 Å². The van der Waals surface area contributed by atoms with Crippen molar-refractivity contribution in [3.63, 3.8) is 0 Å². The van der Waals surface area contributed by atoms with Gasteiger partial charge in [0.15, 0.2) is 5.54 Å². The molecule has 1 fully saturated rings. The van der Waals surface area contributed by atoms with Crippen molar-refractivity contribution in [2.24, 2.45) is 16.6 Å². The lowest BCUT2D eigenvalue weighted by Crippen LogP contribution is -2.31. The SMILES string of the molecule is NC1=NC2(CO1)c1cc(O)ccc1Oc1ccc(C#CC3CC3)cc12. The summed E-state index contributed by atoms with van der Waals surface area (Å²) in [7, 11) is 0. The predicted molar refractivity (Wildman–Crippen MR) is 92.6 cm³/mol. The van der Waals surface area contributed by atoms with E-state index in [-0.39, 0.29) is 18.4 Å². The van der Waals surface area contributed by atoms with Crippen molar-refractivity contribution in [1.29, 1.82) is 0 Å². The van der Waals surface area contributed by atoms with E-state index in [1.165, 1.54) is 12.8 Å². The molecule has 0 amide bonds. The summed E-state index contributed by atoms with van der Waals surface area (Å²) >= 11 is 0. The van der Waals surface area contributed by atoms with E-state index in [0.29, 0.717) is 17.4 Å². The summed E-state index contributed by atoms with van der Waals surface area (Å²) in [5.41, 5.74) is 7.53. The second kappa shape index (κ2) is 4.93. The van der Waals surface area contributed by atoms with Crippen LogP contribution in [0, 0.1) is 17.8 Å². The number of amidine groups is 1. The lowest BCUT2D eigenvalue weighted by atomic mass is 9.81. The van der Waals surface area contributed by atoms with Gasteiger partial charge in [-0.3, -0.25) is 0 Å². The van der Waals surface area contributed by atoms with Crippen molar-refractivity contribution in [3.05, 3.63) is 53.1 Å². The van der Waals surface area contributed by atoms with Gasteiger partial charge in [-0.2, -0.15) is 0 Å². The van der Waals surface area contributed by atoms with Crippen LogP contribution in [0.15, 0.2) is 41.4 Å². The first-order valence-corrected chi connectivity index (χ1v) is 8.30. The molecule has 5 nitrogen and oxygen atoms in total. The second-order valence-electron chi connectivity index (χ2n) is 6.64. The van der Waals surface area contributed by atoms with Crippen molar-refractivity contribution in [2.45, 2.75) is 18.4 Å². The van der Waals surface area contributed by atoms with Gasteiger partial charge in [0.1, 0.15) is 23.9 Å². The molecule has 0 bridgehead atoms. The molecular weight excluding hydrogens is 316 g/mol. The van der Waals surface area contributed by atoms with E-state index in [1.54, 1.807) is 18.2 Å². The van der Waals surface area contributed by atoms with Gasteiger partial charge in [0.25, 0.3) is 6.02 Å². The summed E-state index contributed by atoms with van der Waals surface area (Å²) in [6.07, 6.45) is 2.37. The van der Waals surface area contributed by atoms with E-state index in [0.717, 1.165) is 16.7 Å². The van der Waals surface area contributed by atoms with Crippen LogP contribution in [0.1, 0.15) is 29.5 Å². The molecule has 0 radical (unpaired) electrons. The molecule has 2 aromatic carbocycles. The van der Waals surface area contributed by atoms with E-state index in [2.05, 4.69) is 16.8 Å². The summed E-state index contributed by atoms with van der Waals surface area (Å²) in [6.45, 7) is 0.269. The molecule has 1 saturated carbocycles. The summed E-state index contributed by atoms with van der Waals surface area (Å²) in [5.74, 6) is 8.53. The van der Waals surface area contributed by atoms with Crippen LogP contribution >= 0.6 is 0 Å². The maximum absolute atomic E-state index is 9.95. The van der Waals surface area contributed by atoms with E-state index < -0.39 is 5.54 Å². The average molecular weight is 332 g/mol. The van der Waals surface area contributed by atoms with Crippen molar-refractivity contribution >= 4 is 6.02 Å². The quantitative estimate of drug-likeness (QED) is 0.727.